The molecule has 0 saturated carbocycles. The molecule has 154 valence electrons. The fourth-order valence-corrected chi connectivity index (χ4v) is 2.85. The van der Waals surface area contributed by atoms with Crippen molar-refractivity contribution in [2.24, 2.45) is 5.92 Å². The van der Waals surface area contributed by atoms with Crippen LogP contribution in [0.15, 0.2) is 12.7 Å². The van der Waals surface area contributed by atoms with Gasteiger partial charge in [-0.25, -0.2) is 0 Å². The SMILES string of the molecule is C=CCCCCO[C@@H]1OC(COC(C)=O)C(OC(C)=O)C(OC(C)=O)C1C. The lowest BCUT2D eigenvalue weighted by atomic mass is 9.92. The molecule has 0 N–H and O–H groups in total. The molecule has 0 aliphatic carbocycles. The molecule has 5 atom stereocenters. The largest absolute Gasteiger partial charge is 0.463 e. The minimum atomic E-state index is -0.902. The van der Waals surface area contributed by atoms with E-state index in [1.165, 1.54) is 20.8 Å². The lowest BCUT2D eigenvalue weighted by Gasteiger charge is -2.43. The molecule has 0 aromatic heterocycles. The molecule has 0 amide bonds. The number of allylic oxidation sites excluding steroid dienone is 1. The molecule has 1 aliphatic heterocycles. The molecule has 0 bridgehead atoms. The third kappa shape index (κ3) is 8.09. The fourth-order valence-electron chi connectivity index (χ4n) is 2.85. The third-order valence-electron chi connectivity index (χ3n) is 4.09. The molecule has 0 aromatic carbocycles. The van der Waals surface area contributed by atoms with E-state index in [9.17, 15) is 14.4 Å². The molecule has 1 rings (SSSR count). The van der Waals surface area contributed by atoms with Crippen LogP contribution >= 0.6 is 0 Å². The van der Waals surface area contributed by atoms with Crippen molar-refractivity contribution in [1.82, 2.24) is 0 Å². The van der Waals surface area contributed by atoms with E-state index in [1.54, 1.807) is 6.92 Å². The van der Waals surface area contributed by atoms with E-state index < -0.39 is 42.5 Å². The first kappa shape index (κ1) is 23.1. The van der Waals surface area contributed by atoms with Crippen LogP contribution in [0.5, 0.6) is 0 Å². The van der Waals surface area contributed by atoms with Crippen molar-refractivity contribution in [3.05, 3.63) is 12.7 Å². The van der Waals surface area contributed by atoms with Crippen molar-refractivity contribution >= 4 is 17.9 Å². The van der Waals surface area contributed by atoms with Gasteiger partial charge in [-0.05, 0) is 19.3 Å². The monoisotopic (exact) mass is 386 g/mol. The number of esters is 3. The molecular formula is C19H30O8. The predicted molar refractivity (Wildman–Crippen MR) is 95.6 cm³/mol. The van der Waals surface area contributed by atoms with Crippen LogP contribution in [0.3, 0.4) is 0 Å². The molecule has 4 unspecified atom stereocenters. The van der Waals surface area contributed by atoms with Gasteiger partial charge in [-0.15, -0.1) is 6.58 Å². The van der Waals surface area contributed by atoms with Gasteiger partial charge in [0.05, 0.1) is 0 Å². The summed E-state index contributed by atoms with van der Waals surface area (Å²) in [6.45, 7) is 9.57. The van der Waals surface area contributed by atoms with Crippen LogP contribution in [0, 0.1) is 5.92 Å². The molecule has 1 aliphatic rings. The van der Waals surface area contributed by atoms with Gasteiger partial charge in [-0.3, -0.25) is 14.4 Å². The lowest BCUT2D eigenvalue weighted by molar-refractivity contribution is -0.288. The highest BCUT2D eigenvalue weighted by molar-refractivity contribution is 5.67. The summed E-state index contributed by atoms with van der Waals surface area (Å²) in [7, 11) is 0. The highest BCUT2D eigenvalue weighted by Gasteiger charge is 2.48. The summed E-state index contributed by atoms with van der Waals surface area (Å²) < 4.78 is 27.5. The van der Waals surface area contributed by atoms with E-state index in [1.807, 2.05) is 6.08 Å². The Balaban J connectivity index is 2.90. The second-order valence-corrected chi connectivity index (χ2v) is 6.51. The minimum absolute atomic E-state index is 0.145. The third-order valence-corrected chi connectivity index (χ3v) is 4.09. The van der Waals surface area contributed by atoms with E-state index in [2.05, 4.69) is 6.58 Å². The van der Waals surface area contributed by atoms with Gasteiger partial charge < -0.3 is 23.7 Å². The molecular weight excluding hydrogens is 356 g/mol. The van der Waals surface area contributed by atoms with Crippen LogP contribution in [-0.2, 0) is 38.1 Å². The summed E-state index contributed by atoms with van der Waals surface area (Å²) in [5.74, 6) is -1.94. The molecule has 8 heteroatoms. The predicted octanol–water partition coefficient (Wildman–Crippen LogP) is 2.15. The van der Waals surface area contributed by atoms with Gasteiger partial charge in [0.1, 0.15) is 18.8 Å². The molecule has 0 radical (unpaired) electrons. The van der Waals surface area contributed by atoms with E-state index in [-0.39, 0.29) is 12.5 Å². The van der Waals surface area contributed by atoms with Crippen molar-refractivity contribution in [2.75, 3.05) is 13.2 Å². The Bertz CT molecular complexity index is 518. The van der Waals surface area contributed by atoms with Crippen molar-refractivity contribution in [1.29, 1.82) is 0 Å². The number of unbranched alkanes of at least 4 members (excludes halogenated alkanes) is 2. The zero-order chi connectivity index (χ0) is 20.4. The second-order valence-electron chi connectivity index (χ2n) is 6.51. The van der Waals surface area contributed by atoms with Gasteiger partial charge in [0, 0.05) is 33.3 Å². The molecule has 0 aromatic rings. The maximum absolute atomic E-state index is 11.6. The Labute approximate surface area is 160 Å². The standard InChI is InChI=1S/C19H30O8/c1-6-7-8-9-10-23-19-12(2)17(25-14(4)21)18(26-15(5)22)16(27-19)11-24-13(3)20/h6,12,16-19H,1,7-11H2,2-5H3/t12?,16?,17?,18?,19-/m1/s1. The number of carbonyl (C=O) groups is 3. The highest BCUT2D eigenvalue weighted by Crippen LogP contribution is 2.31. The number of ether oxygens (including phenoxy) is 5. The van der Waals surface area contributed by atoms with Gasteiger partial charge in [0.15, 0.2) is 12.4 Å². The molecule has 0 spiro atoms. The maximum atomic E-state index is 11.6. The molecule has 1 saturated heterocycles. The van der Waals surface area contributed by atoms with Gasteiger partial charge in [0.2, 0.25) is 0 Å². The Hall–Kier alpha value is -1.93. The quantitative estimate of drug-likeness (QED) is 0.244. The highest BCUT2D eigenvalue weighted by atomic mass is 16.7. The smallest absolute Gasteiger partial charge is 0.303 e. The van der Waals surface area contributed by atoms with E-state index in [4.69, 9.17) is 23.7 Å². The summed E-state index contributed by atoms with van der Waals surface area (Å²) in [6.07, 6.45) is 1.31. The van der Waals surface area contributed by atoms with Crippen molar-refractivity contribution < 1.29 is 38.1 Å². The van der Waals surface area contributed by atoms with Gasteiger partial charge in [-0.2, -0.15) is 0 Å². The molecule has 27 heavy (non-hydrogen) atoms. The Kier molecular flexibility index (Phi) is 10.0. The van der Waals surface area contributed by atoms with Crippen LogP contribution in [-0.4, -0.2) is 55.7 Å². The second kappa shape index (κ2) is 11.7. The number of rotatable bonds is 10. The van der Waals surface area contributed by atoms with Crippen molar-refractivity contribution in [2.45, 2.75) is 71.6 Å². The normalized spacial score (nSPS) is 27.5. The van der Waals surface area contributed by atoms with Crippen LogP contribution in [0.25, 0.3) is 0 Å². The van der Waals surface area contributed by atoms with Crippen LogP contribution < -0.4 is 0 Å². The summed E-state index contributed by atoms with van der Waals surface area (Å²) in [6, 6.07) is 0. The molecule has 1 heterocycles. The van der Waals surface area contributed by atoms with Crippen LogP contribution in [0.2, 0.25) is 0 Å². The first-order valence-electron chi connectivity index (χ1n) is 9.12. The number of hydrogen-bond donors (Lipinski definition) is 0. The Morgan fingerprint density at radius 1 is 1.00 bits per heavy atom. The average molecular weight is 386 g/mol. The number of hydrogen-bond acceptors (Lipinski definition) is 8. The van der Waals surface area contributed by atoms with E-state index >= 15 is 0 Å². The Morgan fingerprint density at radius 2 is 1.63 bits per heavy atom. The molecule has 1 fully saturated rings. The van der Waals surface area contributed by atoms with Gasteiger partial charge >= 0.3 is 17.9 Å². The summed E-state index contributed by atoms with van der Waals surface area (Å²) in [5, 5.41) is 0. The number of carbonyl (C=O) groups excluding carboxylic acids is 3. The maximum Gasteiger partial charge on any atom is 0.303 e. The zero-order valence-corrected chi connectivity index (χ0v) is 16.5. The molecule has 8 nitrogen and oxygen atoms in total. The average Bonchev–Trinajstić information content (AvgIpc) is 2.57. The summed E-state index contributed by atoms with van der Waals surface area (Å²) in [4.78, 5) is 34.3. The minimum Gasteiger partial charge on any atom is -0.463 e. The van der Waals surface area contributed by atoms with Gasteiger partial charge in [0.25, 0.3) is 0 Å². The van der Waals surface area contributed by atoms with Crippen molar-refractivity contribution in [3.8, 4) is 0 Å². The topological polar surface area (TPSA) is 97.4 Å². The summed E-state index contributed by atoms with van der Waals surface area (Å²) >= 11 is 0. The Morgan fingerprint density at radius 3 is 2.19 bits per heavy atom. The zero-order valence-electron chi connectivity index (χ0n) is 16.5. The lowest BCUT2D eigenvalue weighted by Crippen LogP contribution is -2.58. The summed E-state index contributed by atoms with van der Waals surface area (Å²) in [5.41, 5.74) is 0. The van der Waals surface area contributed by atoms with E-state index in [0.29, 0.717) is 6.61 Å². The fraction of sp³-hybridized carbons (Fsp3) is 0.737. The van der Waals surface area contributed by atoms with Crippen LogP contribution in [0.4, 0.5) is 0 Å². The first-order valence-corrected chi connectivity index (χ1v) is 9.12. The van der Waals surface area contributed by atoms with Gasteiger partial charge in [-0.1, -0.05) is 13.0 Å². The van der Waals surface area contributed by atoms with Crippen molar-refractivity contribution in [3.63, 3.8) is 0 Å². The van der Waals surface area contributed by atoms with Crippen LogP contribution in [0.1, 0.15) is 47.0 Å². The first-order chi connectivity index (χ1) is 12.8. The van der Waals surface area contributed by atoms with E-state index in [0.717, 1.165) is 19.3 Å².